The summed E-state index contributed by atoms with van der Waals surface area (Å²) in [7, 11) is 0. The second kappa shape index (κ2) is 5.70. The molecule has 2 rings (SSSR count). The molecule has 0 radical (unpaired) electrons. The van der Waals surface area contributed by atoms with Crippen LogP contribution in [0.4, 0.5) is 4.39 Å². The predicted octanol–water partition coefficient (Wildman–Crippen LogP) is 3.73. The Bertz CT molecular complexity index is 513. The summed E-state index contributed by atoms with van der Waals surface area (Å²) in [5.41, 5.74) is 0.326. The number of carbonyl (C=O) groups is 1. The summed E-state index contributed by atoms with van der Waals surface area (Å²) in [5.74, 6) is -1.14. The highest BCUT2D eigenvalue weighted by Crippen LogP contribution is 2.35. The summed E-state index contributed by atoms with van der Waals surface area (Å²) in [4.78, 5) is 13.4. The largest absolute Gasteiger partial charge is 0.481 e. The smallest absolute Gasteiger partial charge is 0.309 e. The van der Waals surface area contributed by atoms with Gasteiger partial charge in [0.15, 0.2) is 0 Å². The first-order valence-electron chi connectivity index (χ1n) is 6.76. The maximum absolute atomic E-state index is 13.2. The molecule has 0 spiro atoms. The molecule has 0 aliphatic carbocycles. The quantitative estimate of drug-likeness (QED) is 0.924. The molecule has 0 aromatic heterocycles. The minimum absolute atomic E-state index is 0.103. The summed E-state index contributed by atoms with van der Waals surface area (Å²) in [6.07, 6.45) is 1.25. The first-order chi connectivity index (χ1) is 9.33. The zero-order valence-corrected chi connectivity index (χ0v) is 12.5. The van der Waals surface area contributed by atoms with E-state index in [1.54, 1.807) is 19.1 Å². The van der Waals surface area contributed by atoms with Crippen LogP contribution in [-0.2, 0) is 4.79 Å². The van der Waals surface area contributed by atoms with Crippen molar-refractivity contribution in [2.24, 2.45) is 5.41 Å². The molecular formula is C15H19ClFNO2. The zero-order chi connectivity index (χ0) is 14.9. The Morgan fingerprint density at radius 1 is 1.45 bits per heavy atom. The summed E-state index contributed by atoms with van der Waals surface area (Å²) >= 11 is 5.81. The third-order valence-corrected chi connectivity index (χ3v) is 4.68. The van der Waals surface area contributed by atoms with E-state index in [4.69, 9.17) is 11.6 Å². The number of likely N-dealkylation sites (tertiary alicyclic amines) is 1. The monoisotopic (exact) mass is 299 g/mol. The third kappa shape index (κ3) is 2.96. The fourth-order valence-corrected chi connectivity index (χ4v) is 2.79. The molecule has 0 bridgehead atoms. The number of aliphatic carboxylic acids is 1. The lowest BCUT2D eigenvalue weighted by Crippen LogP contribution is -2.43. The minimum atomic E-state index is -0.727. The van der Waals surface area contributed by atoms with E-state index in [0.29, 0.717) is 12.8 Å². The van der Waals surface area contributed by atoms with Crippen molar-refractivity contribution in [2.45, 2.75) is 32.7 Å². The average molecular weight is 300 g/mol. The van der Waals surface area contributed by atoms with Gasteiger partial charge in [-0.05, 0) is 57.5 Å². The van der Waals surface area contributed by atoms with Crippen LogP contribution in [0.2, 0.25) is 5.02 Å². The number of benzene rings is 1. The van der Waals surface area contributed by atoms with E-state index in [9.17, 15) is 14.3 Å². The first-order valence-corrected chi connectivity index (χ1v) is 7.14. The Morgan fingerprint density at radius 3 is 2.55 bits per heavy atom. The molecule has 0 amide bonds. The van der Waals surface area contributed by atoms with E-state index in [0.717, 1.165) is 18.7 Å². The van der Waals surface area contributed by atoms with Gasteiger partial charge in [0.25, 0.3) is 0 Å². The lowest BCUT2D eigenvalue weighted by Gasteiger charge is -2.39. The number of hydrogen-bond donors (Lipinski definition) is 1. The number of carboxylic acids is 1. The van der Waals surface area contributed by atoms with E-state index in [1.807, 2.05) is 6.92 Å². The van der Waals surface area contributed by atoms with Crippen LogP contribution in [0.3, 0.4) is 0 Å². The molecule has 110 valence electrons. The van der Waals surface area contributed by atoms with Crippen LogP contribution in [-0.4, -0.2) is 29.1 Å². The Balaban J connectivity index is 2.06. The van der Waals surface area contributed by atoms with Crippen LogP contribution >= 0.6 is 11.6 Å². The van der Waals surface area contributed by atoms with Crippen LogP contribution in [0, 0.1) is 11.2 Å². The molecular weight excluding hydrogens is 281 g/mol. The van der Waals surface area contributed by atoms with Crippen LogP contribution in [0.5, 0.6) is 0 Å². The molecule has 0 saturated carbocycles. The Hall–Kier alpha value is -1.13. The maximum atomic E-state index is 13.2. The summed E-state index contributed by atoms with van der Waals surface area (Å²) in [6, 6.07) is 4.86. The number of nitrogens with zero attached hydrogens (tertiary/aromatic N) is 1. The summed E-state index contributed by atoms with van der Waals surface area (Å²) in [5, 5.41) is 9.36. The average Bonchev–Trinajstić information content (AvgIpc) is 2.42. The van der Waals surface area contributed by atoms with Gasteiger partial charge in [-0.2, -0.15) is 0 Å². The van der Waals surface area contributed by atoms with Crippen LogP contribution in [0.1, 0.15) is 38.3 Å². The molecule has 1 fully saturated rings. The van der Waals surface area contributed by atoms with E-state index in [1.165, 1.54) is 6.07 Å². The van der Waals surface area contributed by atoms with Gasteiger partial charge in [0, 0.05) is 6.04 Å². The second-order valence-corrected chi connectivity index (χ2v) is 6.16. The molecule has 1 unspecified atom stereocenters. The molecule has 1 aliphatic heterocycles. The van der Waals surface area contributed by atoms with Gasteiger partial charge in [-0.3, -0.25) is 9.69 Å². The first kappa shape index (κ1) is 15.3. The lowest BCUT2D eigenvalue weighted by atomic mass is 9.80. The van der Waals surface area contributed by atoms with Gasteiger partial charge in [0.05, 0.1) is 10.4 Å². The molecule has 3 nitrogen and oxygen atoms in total. The van der Waals surface area contributed by atoms with Gasteiger partial charge < -0.3 is 5.11 Å². The van der Waals surface area contributed by atoms with Crippen molar-refractivity contribution in [3.8, 4) is 0 Å². The van der Waals surface area contributed by atoms with Crippen LogP contribution in [0.25, 0.3) is 0 Å². The topological polar surface area (TPSA) is 40.5 Å². The van der Waals surface area contributed by atoms with Crippen molar-refractivity contribution in [1.82, 2.24) is 4.90 Å². The highest BCUT2D eigenvalue weighted by atomic mass is 35.5. The fourth-order valence-electron chi connectivity index (χ4n) is 2.60. The highest BCUT2D eigenvalue weighted by Gasteiger charge is 2.37. The molecule has 5 heteroatoms. The normalized spacial score (nSPS) is 20.6. The maximum Gasteiger partial charge on any atom is 0.309 e. The highest BCUT2D eigenvalue weighted by molar-refractivity contribution is 6.30. The van der Waals surface area contributed by atoms with Crippen molar-refractivity contribution in [2.75, 3.05) is 13.1 Å². The van der Waals surface area contributed by atoms with Gasteiger partial charge in [-0.15, -0.1) is 0 Å². The number of hydrogen-bond acceptors (Lipinski definition) is 2. The van der Waals surface area contributed by atoms with Crippen molar-refractivity contribution >= 4 is 17.6 Å². The number of rotatable bonds is 3. The van der Waals surface area contributed by atoms with Gasteiger partial charge in [0.2, 0.25) is 0 Å². The predicted molar refractivity (Wildman–Crippen MR) is 76.4 cm³/mol. The molecule has 1 heterocycles. The molecule has 1 aromatic carbocycles. The summed E-state index contributed by atoms with van der Waals surface area (Å²) < 4.78 is 13.2. The number of piperidine rings is 1. The Kier molecular flexibility index (Phi) is 4.35. The minimum Gasteiger partial charge on any atom is -0.481 e. The standard InChI is InChI=1S/C15H19ClFNO2/c1-10(11-3-4-13(17)12(16)9-11)18-7-5-15(2,6-8-18)14(19)20/h3-4,9-10H,5-8H2,1-2H3,(H,19,20). The van der Waals surface area contributed by atoms with Gasteiger partial charge >= 0.3 is 5.97 Å². The summed E-state index contributed by atoms with van der Waals surface area (Å²) in [6.45, 7) is 5.27. The Morgan fingerprint density at radius 2 is 2.05 bits per heavy atom. The SMILES string of the molecule is CC(c1ccc(F)c(Cl)c1)N1CCC(C)(C(=O)O)CC1. The van der Waals surface area contributed by atoms with Crippen LogP contribution in [0.15, 0.2) is 18.2 Å². The van der Waals surface area contributed by atoms with Crippen molar-refractivity contribution in [1.29, 1.82) is 0 Å². The molecule has 1 aromatic rings. The van der Waals surface area contributed by atoms with E-state index < -0.39 is 17.2 Å². The van der Waals surface area contributed by atoms with E-state index >= 15 is 0 Å². The van der Waals surface area contributed by atoms with Gasteiger partial charge in [0.1, 0.15) is 5.82 Å². The van der Waals surface area contributed by atoms with Gasteiger partial charge in [-0.1, -0.05) is 17.7 Å². The fraction of sp³-hybridized carbons (Fsp3) is 0.533. The van der Waals surface area contributed by atoms with E-state index in [2.05, 4.69) is 4.90 Å². The van der Waals surface area contributed by atoms with Crippen molar-refractivity contribution in [3.05, 3.63) is 34.6 Å². The van der Waals surface area contributed by atoms with Crippen LogP contribution < -0.4 is 0 Å². The molecule has 1 aliphatic rings. The number of halogens is 2. The van der Waals surface area contributed by atoms with Gasteiger partial charge in [-0.25, -0.2) is 4.39 Å². The second-order valence-electron chi connectivity index (χ2n) is 5.75. The lowest BCUT2D eigenvalue weighted by molar-refractivity contribution is -0.151. The molecule has 20 heavy (non-hydrogen) atoms. The number of carboxylic acid groups (broad SMARTS) is 1. The third-order valence-electron chi connectivity index (χ3n) is 4.39. The zero-order valence-electron chi connectivity index (χ0n) is 11.7. The van der Waals surface area contributed by atoms with E-state index in [-0.39, 0.29) is 11.1 Å². The van der Waals surface area contributed by atoms with Crippen molar-refractivity contribution in [3.63, 3.8) is 0 Å². The van der Waals surface area contributed by atoms with Crippen molar-refractivity contribution < 1.29 is 14.3 Å². The molecule has 1 atom stereocenters. The molecule has 1 saturated heterocycles. The Labute approximate surface area is 123 Å². The molecule has 1 N–H and O–H groups in total.